The molecule has 1 saturated heterocycles. The largest absolute Gasteiger partial charge is 0.391 e. The van der Waals surface area contributed by atoms with Crippen LogP contribution in [0.5, 0.6) is 0 Å². The minimum Gasteiger partial charge on any atom is -0.391 e. The number of β-amino-alcohol motifs (C(OH)–C–C–N with tert-alkyl or cyclic N) is 1. The molecule has 1 aromatic carbocycles. The molecule has 23 heavy (non-hydrogen) atoms. The first-order valence-electron chi connectivity index (χ1n) is 8.19. The first kappa shape index (κ1) is 15.8. The topological polar surface area (TPSA) is 72.9 Å². The highest BCUT2D eigenvalue weighted by atomic mass is 16.3. The van der Waals surface area contributed by atoms with E-state index in [9.17, 15) is 14.7 Å². The van der Waals surface area contributed by atoms with Gasteiger partial charge in [0.15, 0.2) is 0 Å². The molecule has 0 bridgehead atoms. The zero-order valence-corrected chi connectivity index (χ0v) is 13.4. The summed E-state index contributed by atoms with van der Waals surface area (Å²) in [4.78, 5) is 28.2. The molecule has 2 atom stereocenters. The number of benzene rings is 1. The van der Waals surface area contributed by atoms with E-state index in [4.69, 9.17) is 0 Å². The molecule has 2 N–H and O–H groups in total. The van der Waals surface area contributed by atoms with E-state index in [-0.39, 0.29) is 11.9 Å². The van der Waals surface area contributed by atoms with Crippen LogP contribution in [0.4, 0.5) is 10.5 Å². The molecule has 1 fully saturated rings. The molecular formula is C17H23N3O3. The number of aliphatic hydroxyl groups excluding tert-OH is 1. The number of rotatable bonds is 2. The Morgan fingerprint density at radius 1 is 1.30 bits per heavy atom. The highest BCUT2D eigenvalue weighted by Gasteiger charge is 2.30. The fraction of sp³-hybridized carbons (Fsp3) is 0.529. The van der Waals surface area contributed by atoms with Gasteiger partial charge in [-0.15, -0.1) is 0 Å². The van der Waals surface area contributed by atoms with Crippen molar-refractivity contribution in [2.75, 3.05) is 24.5 Å². The highest BCUT2D eigenvalue weighted by molar-refractivity contribution is 6.00. The number of anilines is 1. The number of piperidine rings is 1. The van der Waals surface area contributed by atoms with Gasteiger partial charge >= 0.3 is 6.03 Å². The summed E-state index contributed by atoms with van der Waals surface area (Å²) < 4.78 is 0. The number of hydrogen-bond donors (Lipinski definition) is 2. The van der Waals surface area contributed by atoms with Crippen LogP contribution in [0, 0.1) is 0 Å². The lowest BCUT2D eigenvalue weighted by Gasteiger charge is -2.31. The first-order chi connectivity index (χ1) is 11.1. The highest BCUT2D eigenvalue weighted by Crippen LogP contribution is 2.27. The van der Waals surface area contributed by atoms with Crippen molar-refractivity contribution in [2.45, 2.75) is 38.3 Å². The molecule has 3 amide bonds. The Kier molecular flexibility index (Phi) is 4.52. The second kappa shape index (κ2) is 6.58. The average molecular weight is 317 g/mol. The van der Waals surface area contributed by atoms with Crippen molar-refractivity contribution in [1.82, 2.24) is 10.2 Å². The molecule has 0 aliphatic carbocycles. The Morgan fingerprint density at radius 3 is 2.87 bits per heavy atom. The minimum atomic E-state index is -0.590. The molecule has 1 aromatic rings. The number of likely N-dealkylation sites (tertiary alicyclic amines) is 1. The van der Waals surface area contributed by atoms with E-state index in [0.717, 1.165) is 24.9 Å². The Bertz CT molecular complexity index is 605. The van der Waals surface area contributed by atoms with Gasteiger partial charge in [0.1, 0.15) is 6.04 Å². The predicted molar refractivity (Wildman–Crippen MR) is 87.3 cm³/mol. The van der Waals surface area contributed by atoms with Crippen LogP contribution in [0.3, 0.4) is 0 Å². The van der Waals surface area contributed by atoms with Crippen molar-refractivity contribution < 1.29 is 14.7 Å². The zero-order valence-electron chi connectivity index (χ0n) is 13.4. The Hall–Kier alpha value is -2.08. The summed E-state index contributed by atoms with van der Waals surface area (Å²) in [6.45, 7) is 3.32. The van der Waals surface area contributed by atoms with Gasteiger partial charge in [0.2, 0.25) is 5.91 Å². The molecule has 0 radical (unpaired) electrons. The van der Waals surface area contributed by atoms with Crippen molar-refractivity contribution in [1.29, 1.82) is 0 Å². The monoisotopic (exact) mass is 317 g/mol. The number of fused-ring (bicyclic) bond motifs is 1. The second-order valence-electron chi connectivity index (χ2n) is 6.28. The van der Waals surface area contributed by atoms with E-state index in [1.54, 1.807) is 16.7 Å². The van der Waals surface area contributed by atoms with Gasteiger partial charge in [-0.2, -0.15) is 0 Å². The fourth-order valence-electron chi connectivity index (χ4n) is 3.28. The van der Waals surface area contributed by atoms with Gasteiger partial charge in [-0.25, -0.2) is 4.79 Å². The molecule has 3 rings (SSSR count). The third-order valence-electron chi connectivity index (χ3n) is 4.55. The van der Waals surface area contributed by atoms with Crippen molar-refractivity contribution in [3.63, 3.8) is 0 Å². The first-order valence-corrected chi connectivity index (χ1v) is 8.19. The molecule has 0 saturated carbocycles. The van der Waals surface area contributed by atoms with Crippen LogP contribution in [-0.4, -0.2) is 53.7 Å². The number of aliphatic hydroxyl groups is 1. The molecule has 0 spiro atoms. The van der Waals surface area contributed by atoms with E-state index in [0.29, 0.717) is 19.6 Å². The standard InChI is InChI=1S/C17H23N3O3/c1-12(18-17(23)19-9-4-6-14(21)11-19)16(22)20-10-8-13-5-2-3-7-15(13)20/h2-3,5,7,12,14,21H,4,6,8-11H2,1H3,(H,18,23)/t12-,14-/m1/s1. The van der Waals surface area contributed by atoms with Crippen molar-refractivity contribution in [3.8, 4) is 0 Å². The third-order valence-corrected chi connectivity index (χ3v) is 4.55. The summed E-state index contributed by atoms with van der Waals surface area (Å²) in [7, 11) is 0. The lowest BCUT2D eigenvalue weighted by atomic mass is 10.1. The number of urea groups is 1. The van der Waals surface area contributed by atoms with Crippen LogP contribution in [0.1, 0.15) is 25.3 Å². The number of amides is 3. The molecule has 2 aliphatic heterocycles. The van der Waals surface area contributed by atoms with E-state index in [1.807, 2.05) is 24.3 Å². The van der Waals surface area contributed by atoms with Crippen molar-refractivity contribution in [2.24, 2.45) is 0 Å². The maximum Gasteiger partial charge on any atom is 0.318 e. The molecule has 6 nitrogen and oxygen atoms in total. The number of para-hydroxylation sites is 1. The number of nitrogens with zero attached hydrogens (tertiary/aromatic N) is 2. The number of nitrogens with one attached hydrogen (secondary N) is 1. The molecule has 124 valence electrons. The number of hydrogen-bond acceptors (Lipinski definition) is 3. The van der Waals surface area contributed by atoms with Gasteiger partial charge < -0.3 is 20.2 Å². The zero-order chi connectivity index (χ0) is 16.4. The molecule has 2 aliphatic rings. The summed E-state index contributed by atoms with van der Waals surface area (Å²) in [5, 5.41) is 12.4. The van der Waals surface area contributed by atoms with Gasteiger partial charge in [0, 0.05) is 25.3 Å². The van der Waals surface area contributed by atoms with E-state index in [2.05, 4.69) is 5.32 Å². The summed E-state index contributed by atoms with van der Waals surface area (Å²) in [5.41, 5.74) is 2.10. The molecule has 6 heteroatoms. The average Bonchev–Trinajstić information content (AvgIpc) is 2.98. The van der Waals surface area contributed by atoms with Gasteiger partial charge in [-0.1, -0.05) is 18.2 Å². The maximum atomic E-state index is 12.6. The summed E-state index contributed by atoms with van der Waals surface area (Å²) >= 11 is 0. The normalized spacial score (nSPS) is 21.7. The van der Waals surface area contributed by atoms with Crippen LogP contribution >= 0.6 is 0 Å². The van der Waals surface area contributed by atoms with Gasteiger partial charge in [0.25, 0.3) is 0 Å². The van der Waals surface area contributed by atoms with Crippen LogP contribution in [0.25, 0.3) is 0 Å². The van der Waals surface area contributed by atoms with Crippen LogP contribution in [0.2, 0.25) is 0 Å². The SMILES string of the molecule is C[C@@H](NC(=O)N1CCC[C@@H](O)C1)C(=O)N1CCc2ccccc21. The lowest BCUT2D eigenvalue weighted by Crippen LogP contribution is -2.53. The Labute approximate surface area is 136 Å². The number of carbonyl (C=O) groups excluding carboxylic acids is 2. The van der Waals surface area contributed by atoms with Gasteiger partial charge in [0.05, 0.1) is 6.10 Å². The summed E-state index contributed by atoms with van der Waals surface area (Å²) in [5.74, 6) is -0.0964. The van der Waals surface area contributed by atoms with Crippen LogP contribution in [-0.2, 0) is 11.2 Å². The van der Waals surface area contributed by atoms with Crippen LogP contribution in [0.15, 0.2) is 24.3 Å². The minimum absolute atomic E-state index is 0.0964. The molecule has 0 aromatic heterocycles. The second-order valence-corrected chi connectivity index (χ2v) is 6.28. The molecule has 0 unspecified atom stereocenters. The molecule has 2 heterocycles. The van der Waals surface area contributed by atoms with Gasteiger partial charge in [-0.3, -0.25) is 4.79 Å². The smallest absolute Gasteiger partial charge is 0.318 e. The van der Waals surface area contributed by atoms with Gasteiger partial charge in [-0.05, 0) is 37.8 Å². The van der Waals surface area contributed by atoms with E-state index in [1.165, 1.54) is 5.56 Å². The maximum absolute atomic E-state index is 12.6. The fourth-order valence-corrected chi connectivity index (χ4v) is 3.28. The number of carbonyl (C=O) groups is 2. The summed E-state index contributed by atoms with van der Waals surface area (Å²) in [6, 6.07) is 6.99. The van der Waals surface area contributed by atoms with E-state index >= 15 is 0 Å². The van der Waals surface area contributed by atoms with Crippen LogP contribution < -0.4 is 10.2 Å². The molecular weight excluding hydrogens is 294 g/mol. The predicted octanol–water partition coefficient (Wildman–Crippen LogP) is 1.13. The van der Waals surface area contributed by atoms with E-state index < -0.39 is 12.1 Å². The third kappa shape index (κ3) is 3.32. The summed E-state index contributed by atoms with van der Waals surface area (Å²) in [6.07, 6.45) is 1.89. The Morgan fingerprint density at radius 2 is 2.09 bits per heavy atom. The van der Waals surface area contributed by atoms with Crippen molar-refractivity contribution in [3.05, 3.63) is 29.8 Å². The Balaban J connectivity index is 1.61. The quantitative estimate of drug-likeness (QED) is 0.859. The lowest BCUT2D eigenvalue weighted by molar-refractivity contribution is -0.120. The van der Waals surface area contributed by atoms with Crippen molar-refractivity contribution >= 4 is 17.6 Å².